The number of carbonyl (C=O) groups excluding carboxylic acids is 5. The van der Waals surface area contributed by atoms with Gasteiger partial charge in [0.2, 0.25) is 17.5 Å². The number of carbonyl (C=O) groups is 5. The molecule has 1 fully saturated rings. The van der Waals surface area contributed by atoms with Crippen molar-refractivity contribution in [2.45, 2.75) is 85.6 Å². The number of nitrogens with two attached hydrogens (primary N) is 1. The Hall–Kier alpha value is -5.36. The van der Waals surface area contributed by atoms with Gasteiger partial charge in [0.1, 0.15) is 11.9 Å². The van der Waals surface area contributed by atoms with Crippen LogP contribution in [0.1, 0.15) is 80.3 Å². The van der Waals surface area contributed by atoms with E-state index in [4.69, 9.17) is 24.7 Å². The Bertz CT molecular complexity index is 2010. The highest BCUT2D eigenvalue weighted by Gasteiger charge is 2.50. The summed E-state index contributed by atoms with van der Waals surface area (Å²) in [5.74, 6) is -11.4. The SMILES string of the molecule is CO[C@@H](/C=C/O[C@@]1(C)Oc2c(C)c([O-])c3c(c2C1=O)C([O-])=C(/C=N/N1CCN(C)CC1)C(=O)C3=O)[C@@H](C)[C@@H](OC(C)=O)[C@H](C)[C@H](O)[C@H](C)[C@@H](O)[C@@H](C)/C=C/C=C(/C)C(N)=O. The number of hydrogen-bond acceptors (Lipinski definition) is 16. The monoisotopic (exact) mass is 836 g/mol. The molecule has 2 aliphatic heterocycles. The number of hydrogen-bond donors (Lipinski definition) is 3. The average molecular weight is 837 g/mol. The summed E-state index contributed by atoms with van der Waals surface area (Å²) >= 11 is 0. The molecule has 4 N–H and O–H groups in total. The van der Waals surface area contributed by atoms with E-state index in [1.165, 1.54) is 40.0 Å². The van der Waals surface area contributed by atoms with Gasteiger partial charge in [-0.3, -0.25) is 29.0 Å². The first kappa shape index (κ1) is 47.3. The number of piperazine rings is 1. The van der Waals surface area contributed by atoms with Crippen LogP contribution >= 0.6 is 0 Å². The van der Waals surface area contributed by atoms with Crippen molar-refractivity contribution in [3.05, 3.63) is 64.0 Å². The van der Waals surface area contributed by atoms with Crippen LogP contribution in [-0.4, -0.2) is 126 Å². The van der Waals surface area contributed by atoms with Gasteiger partial charge in [-0.25, -0.2) is 0 Å². The summed E-state index contributed by atoms with van der Waals surface area (Å²) in [4.78, 5) is 66.3. The standard InChI is InChI=1S/C43H58N4O13/c1-21(12-11-13-22(2)42(44)56)33(49)24(4)34(50)25(5)39(59-27(7)48)23(3)29(57-10)14-19-58-43(8)41(55)32-30-31(35(51)26(6)40(32)60-43)38(54)37(53)28(36(30)52)20-45-47-17-15-46(9)16-18-47/h11-14,19-21,23-25,29,33-34,39,49-52H,15-18H2,1-10H3,(H2,44,56)/p-2/b12-11+,19-14+,22-13-,45-20+/t21-,23+,24+,25+,29-,33-,34+,39+,43-/m0/s1. The van der Waals surface area contributed by atoms with Crippen LogP contribution < -0.4 is 20.7 Å². The fourth-order valence-corrected chi connectivity index (χ4v) is 7.52. The van der Waals surface area contributed by atoms with E-state index in [2.05, 4.69) is 10.0 Å². The number of amides is 1. The lowest BCUT2D eigenvalue weighted by Crippen LogP contribution is -2.46. The topological polar surface area (TPSA) is 254 Å². The molecule has 0 unspecified atom stereocenters. The van der Waals surface area contributed by atoms with Gasteiger partial charge in [0.05, 0.1) is 36.4 Å². The van der Waals surface area contributed by atoms with Gasteiger partial charge in [0.15, 0.2) is 0 Å². The second-order valence-corrected chi connectivity index (χ2v) is 15.9. The summed E-state index contributed by atoms with van der Waals surface area (Å²) < 4.78 is 23.2. The minimum Gasteiger partial charge on any atom is -0.872 e. The Morgan fingerprint density at radius 3 is 2.15 bits per heavy atom. The molecule has 328 valence electrons. The number of Topliss-reactive ketones (excluding diaryl/α,β-unsaturated/α-hetero) is 3. The molecule has 17 heteroatoms. The number of ketones is 3. The summed E-state index contributed by atoms with van der Waals surface area (Å²) in [6, 6.07) is 0. The highest BCUT2D eigenvalue weighted by atomic mass is 16.7. The molecular weight excluding hydrogens is 780 g/mol. The normalized spacial score (nSPS) is 23.0. The van der Waals surface area contributed by atoms with Crippen molar-refractivity contribution >= 4 is 41.2 Å². The number of aliphatic hydroxyl groups is 2. The van der Waals surface area contributed by atoms with Gasteiger partial charge in [0.25, 0.3) is 5.78 Å². The lowest BCUT2D eigenvalue weighted by Gasteiger charge is -2.38. The highest BCUT2D eigenvalue weighted by molar-refractivity contribution is 6.56. The van der Waals surface area contributed by atoms with Gasteiger partial charge in [0, 0.05) is 87.5 Å². The molecule has 60 heavy (non-hydrogen) atoms. The molecule has 3 aliphatic rings. The molecule has 9 atom stereocenters. The van der Waals surface area contributed by atoms with E-state index in [9.17, 15) is 44.4 Å². The van der Waals surface area contributed by atoms with Gasteiger partial charge in [-0.1, -0.05) is 57.4 Å². The number of ether oxygens (including phenoxy) is 4. The Balaban J connectivity index is 1.57. The van der Waals surface area contributed by atoms with Crippen molar-refractivity contribution in [2.75, 3.05) is 40.3 Å². The van der Waals surface area contributed by atoms with Crippen LogP contribution in [0, 0.1) is 30.6 Å². The average Bonchev–Trinajstić information content (AvgIpc) is 3.47. The predicted octanol–water partition coefficient (Wildman–Crippen LogP) is 1.16. The molecule has 0 radical (unpaired) electrons. The van der Waals surface area contributed by atoms with Crippen LogP contribution in [0.25, 0.3) is 5.76 Å². The number of fused-ring (bicyclic) bond motifs is 3. The molecule has 1 aliphatic carbocycles. The van der Waals surface area contributed by atoms with Gasteiger partial charge in [-0.15, -0.1) is 0 Å². The number of rotatable bonds is 17. The second kappa shape index (κ2) is 19.4. The van der Waals surface area contributed by atoms with Crippen molar-refractivity contribution in [3.8, 4) is 11.5 Å². The lowest BCUT2D eigenvalue weighted by atomic mass is 9.78. The predicted molar refractivity (Wildman–Crippen MR) is 215 cm³/mol. The molecule has 0 bridgehead atoms. The van der Waals surface area contributed by atoms with E-state index in [1.807, 2.05) is 7.05 Å². The zero-order valence-electron chi connectivity index (χ0n) is 35.7. The molecule has 0 aromatic heterocycles. The van der Waals surface area contributed by atoms with Crippen LogP contribution in [0.5, 0.6) is 11.5 Å². The van der Waals surface area contributed by atoms with Crippen molar-refractivity contribution < 1.29 is 63.3 Å². The number of allylic oxidation sites excluding steroid dienone is 3. The van der Waals surface area contributed by atoms with Crippen LogP contribution in [0.2, 0.25) is 0 Å². The van der Waals surface area contributed by atoms with Crippen molar-refractivity contribution in [3.63, 3.8) is 0 Å². The third-order valence-electron chi connectivity index (χ3n) is 11.5. The third kappa shape index (κ3) is 9.81. The first-order valence-corrected chi connectivity index (χ1v) is 19.7. The minimum atomic E-state index is -2.14. The van der Waals surface area contributed by atoms with E-state index in [1.54, 1.807) is 51.8 Å². The van der Waals surface area contributed by atoms with Crippen molar-refractivity contribution in [2.24, 2.45) is 34.5 Å². The van der Waals surface area contributed by atoms with E-state index in [0.717, 1.165) is 12.5 Å². The number of nitrogens with zero attached hydrogens (tertiary/aromatic N) is 3. The van der Waals surface area contributed by atoms with Crippen molar-refractivity contribution in [1.82, 2.24) is 9.91 Å². The van der Waals surface area contributed by atoms with Gasteiger partial charge in [-0.05, 0) is 38.1 Å². The molecule has 1 aromatic rings. The fourth-order valence-electron chi connectivity index (χ4n) is 7.52. The lowest BCUT2D eigenvalue weighted by molar-refractivity contribution is -0.270. The summed E-state index contributed by atoms with van der Waals surface area (Å²) in [6.07, 6.45) is 4.30. The van der Waals surface area contributed by atoms with Gasteiger partial charge < -0.3 is 50.0 Å². The summed E-state index contributed by atoms with van der Waals surface area (Å²) in [5, 5.41) is 55.8. The zero-order valence-corrected chi connectivity index (χ0v) is 35.7. The Labute approximate surface area is 349 Å². The Morgan fingerprint density at radius 1 is 0.933 bits per heavy atom. The molecule has 1 amide bonds. The van der Waals surface area contributed by atoms with Gasteiger partial charge in [-0.2, -0.15) is 5.10 Å². The van der Waals surface area contributed by atoms with Crippen LogP contribution in [-0.2, 0) is 28.6 Å². The molecule has 17 nitrogen and oxygen atoms in total. The second-order valence-electron chi connectivity index (χ2n) is 15.9. The first-order valence-electron chi connectivity index (χ1n) is 19.7. The number of methoxy groups -OCH3 is 1. The highest BCUT2D eigenvalue weighted by Crippen LogP contribution is 2.48. The Morgan fingerprint density at radius 2 is 1.57 bits per heavy atom. The van der Waals surface area contributed by atoms with Crippen LogP contribution in [0.4, 0.5) is 0 Å². The van der Waals surface area contributed by atoms with E-state index < -0.39 is 111 Å². The fraction of sp³-hybridized carbons (Fsp3) is 0.535. The summed E-state index contributed by atoms with van der Waals surface area (Å²) in [5.41, 5.74) is 3.21. The van der Waals surface area contributed by atoms with Crippen LogP contribution in [0.3, 0.4) is 0 Å². The third-order valence-corrected chi connectivity index (χ3v) is 11.5. The van der Waals surface area contributed by atoms with Gasteiger partial charge >= 0.3 is 11.8 Å². The maximum atomic E-state index is 14.1. The van der Waals surface area contributed by atoms with Crippen molar-refractivity contribution in [1.29, 1.82) is 0 Å². The smallest absolute Gasteiger partial charge is 0.312 e. The number of aliphatic hydroxyl groups excluding tert-OH is 2. The number of benzene rings is 1. The Kier molecular flexibility index (Phi) is 15.3. The summed E-state index contributed by atoms with van der Waals surface area (Å²) in [7, 11) is 3.33. The maximum Gasteiger partial charge on any atom is 0.312 e. The molecule has 1 aromatic carbocycles. The number of esters is 1. The van der Waals surface area contributed by atoms with E-state index >= 15 is 0 Å². The van der Waals surface area contributed by atoms with E-state index in [0.29, 0.717) is 31.8 Å². The number of hydrazone groups is 1. The van der Waals surface area contributed by atoms with Crippen LogP contribution in [0.15, 0.2) is 46.8 Å². The minimum absolute atomic E-state index is 0.170. The molecule has 4 rings (SSSR count). The largest absolute Gasteiger partial charge is 0.872 e. The van der Waals surface area contributed by atoms with E-state index in [-0.39, 0.29) is 16.9 Å². The molecule has 2 heterocycles. The molecule has 1 saturated heterocycles. The zero-order chi connectivity index (χ0) is 45.0. The summed E-state index contributed by atoms with van der Waals surface area (Å²) in [6.45, 7) is 14.5. The molecule has 0 saturated carbocycles. The molecular formula is C43H56N4O13-2. The number of likely N-dealkylation sites (N-methyl/N-ethyl adjacent to an activating group) is 1. The first-order chi connectivity index (χ1) is 28.1. The number of primary amides is 1. The molecule has 0 spiro atoms. The quantitative estimate of drug-likeness (QED) is 0.0497. The maximum absolute atomic E-state index is 14.1.